The molecule has 0 radical (unpaired) electrons. The van der Waals surface area contributed by atoms with Crippen LogP contribution in [0, 0.1) is 5.92 Å². The van der Waals surface area contributed by atoms with E-state index in [4.69, 9.17) is 21.1 Å². The first-order valence-electron chi connectivity index (χ1n) is 9.24. The summed E-state index contributed by atoms with van der Waals surface area (Å²) in [5.41, 5.74) is 5.55. The molecule has 0 fully saturated rings. The molecule has 0 aromatic heterocycles. The van der Waals surface area contributed by atoms with Crippen molar-refractivity contribution in [1.82, 2.24) is 16.0 Å². The normalized spacial score (nSPS) is 14.6. The molecule has 0 spiro atoms. The first-order chi connectivity index (χ1) is 14.3. The maximum Gasteiger partial charge on any atom is 0.326 e. The summed E-state index contributed by atoms with van der Waals surface area (Å²) in [6.07, 6.45) is -1.49. The van der Waals surface area contributed by atoms with Crippen LogP contribution in [0.4, 0.5) is 0 Å². The van der Waals surface area contributed by atoms with Gasteiger partial charge in [0.1, 0.15) is 18.1 Å². The van der Waals surface area contributed by atoms with Gasteiger partial charge < -0.3 is 37.0 Å². The lowest BCUT2D eigenvalue weighted by atomic mass is 10.0. The number of amides is 3. The highest BCUT2D eigenvalue weighted by molar-refractivity contribution is 7.80. The summed E-state index contributed by atoms with van der Waals surface area (Å²) >= 11 is 3.94. The number of carboxylic acids is 3. The number of carboxylic acid groups (broad SMARTS) is 3. The third-order valence-corrected chi connectivity index (χ3v) is 4.43. The van der Waals surface area contributed by atoms with E-state index in [0.717, 1.165) is 0 Å². The Bertz CT molecular complexity index is 701. The smallest absolute Gasteiger partial charge is 0.326 e. The molecule has 14 heteroatoms. The second-order valence-corrected chi connectivity index (χ2v) is 7.38. The van der Waals surface area contributed by atoms with E-state index < -0.39 is 78.6 Å². The molecule has 0 bridgehead atoms. The van der Waals surface area contributed by atoms with Gasteiger partial charge in [-0.05, 0) is 12.3 Å². The summed E-state index contributed by atoms with van der Waals surface area (Å²) in [5.74, 6) is -7.43. The Morgan fingerprint density at radius 2 is 1.35 bits per heavy atom. The maximum atomic E-state index is 12.5. The van der Waals surface area contributed by atoms with Crippen molar-refractivity contribution < 1.29 is 44.1 Å². The van der Waals surface area contributed by atoms with Crippen molar-refractivity contribution in [3.8, 4) is 0 Å². The van der Waals surface area contributed by atoms with Crippen molar-refractivity contribution in [3.63, 3.8) is 0 Å². The molecule has 0 aliphatic rings. The lowest BCUT2D eigenvalue weighted by molar-refractivity contribution is -0.144. The summed E-state index contributed by atoms with van der Waals surface area (Å²) in [6.45, 7) is 3.14. The fourth-order valence-electron chi connectivity index (χ4n) is 2.31. The Balaban J connectivity index is 5.24. The van der Waals surface area contributed by atoms with Crippen molar-refractivity contribution in [2.75, 3.05) is 5.75 Å². The molecule has 0 rings (SSSR count). The Morgan fingerprint density at radius 3 is 1.77 bits per heavy atom. The third kappa shape index (κ3) is 10.6. The fraction of sp³-hybridized carbons (Fsp3) is 0.647. The van der Waals surface area contributed by atoms with Gasteiger partial charge >= 0.3 is 17.9 Å². The van der Waals surface area contributed by atoms with Crippen LogP contribution in [-0.4, -0.2) is 80.9 Å². The molecule has 31 heavy (non-hydrogen) atoms. The number of hydrogen-bond donors (Lipinski definition) is 8. The lowest BCUT2D eigenvalue weighted by Gasteiger charge is -2.24. The standard InChI is InChI=1S/C17H28N4O9S/c1-7(2)13(17(29)30)21-16(28)10(6-31)20-15(27)9(5-12(24)25)19-14(26)8(18)3-4-11(22)23/h7-10,13,31H,3-6,18H2,1-2H3,(H,19,26)(H,20,27)(H,21,28)(H,22,23)(H,24,25)(H,29,30). The second kappa shape index (κ2) is 13.4. The van der Waals surface area contributed by atoms with E-state index in [2.05, 4.69) is 28.6 Å². The van der Waals surface area contributed by atoms with Crippen LogP contribution in [-0.2, 0) is 28.8 Å². The summed E-state index contributed by atoms with van der Waals surface area (Å²) in [4.78, 5) is 69.8. The first kappa shape index (κ1) is 28.1. The summed E-state index contributed by atoms with van der Waals surface area (Å²) in [6, 6.07) is -5.46. The monoisotopic (exact) mass is 464 g/mol. The molecule has 0 aromatic carbocycles. The Morgan fingerprint density at radius 1 is 0.839 bits per heavy atom. The zero-order valence-electron chi connectivity index (χ0n) is 17.0. The van der Waals surface area contributed by atoms with Crippen LogP contribution in [0.15, 0.2) is 0 Å². The Labute approximate surface area is 183 Å². The highest BCUT2D eigenvalue weighted by Crippen LogP contribution is 2.04. The number of nitrogens with one attached hydrogen (secondary N) is 3. The topological polar surface area (TPSA) is 225 Å². The molecular weight excluding hydrogens is 436 g/mol. The second-order valence-electron chi connectivity index (χ2n) is 7.01. The third-order valence-electron chi connectivity index (χ3n) is 4.06. The molecule has 4 atom stereocenters. The molecular formula is C17H28N4O9S. The minimum atomic E-state index is -1.61. The molecule has 13 nitrogen and oxygen atoms in total. The molecule has 0 aromatic rings. The van der Waals surface area contributed by atoms with E-state index in [-0.39, 0.29) is 12.2 Å². The van der Waals surface area contributed by atoms with Crippen molar-refractivity contribution >= 4 is 48.3 Å². The zero-order chi connectivity index (χ0) is 24.3. The molecule has 0 heterocycles. The van der Waals surface area contributed by atoms with Gasteiger partial charge in [-0.15, -0.1) is 0 Å². The van der Waals surface area contributed by atoms with Crippen molar-refractivity contribution in [2.45, 2.75) is 57.3 Å². The summed E-state index contributed by atoms with van der Waals surface area (Å²) in [5, 5.41) is 33.4. The molecule has 3 amide bonds. The number of aliphatic carboxylic acids is 3. The van der Waals surface area contributed by atoms with E-state index in [1.165, 1.54) is 0 Å². The van der Waals surface area contributed by atoms with Crippen molar-refractivity contribution in [1.29, 1.82) is 0 Å². The Hall–Kier alpha value is -2.87. The number of rotatable bonds is 14. The van der Waals surface area contributed by atoms with Gasteiger partial charge in [0.2, 0.25) is 17.7 Å². The van der Waals surface area contributed by atoms with E-state index in [1.54, 1.807) is 13.8 Å². The molecule has 176 valence electrons. The molecule has 0 saturated carbocycles. The molecule has 8 N–H and O–H groups in total. The van der Waals surface area contributed by atoms with Crippen LogP contribution >= 0.6 is 12.6 Å². The lowest BCUT2D eigenvalue weighted by Crippen LogP contribution is -2.58. The van der Waals surface area contributed by atoms with Gasteiger partial charge in [0.25, 0.3) is 0 Å². The predicted molar refractivity (Wildman–Crippen MR) is 109 cm³/mol. The molecule has 0 saturated heterocycles. The zero-order valence-corrected chi connectivity index (χ0v) is 17.9. The van der Waals surface area contributed by atoms with Crippen LogP contribution in [0.25, 0.3) is 0 Å². The number of carbonyl (C=O) groups is 6. The summed E-state index contributed by atoms with van der Waals surface area (Å²) in [7, 11) is 0. The largest absolute Gasteiger partial charge is 0.481 e. The molecule has 0 aliphatic carbocycles. The Kier molecular flexibility index (Phi) is 12.2. The van der Waals surface area contributed by atoms with Gasteiger partial charge in [-0.2, -0.15) is 12.6 Å². The number of hydrogen-bond acceptors (Lipinski definition) is 8. The molecule has 0 aliphatic heterocycles. The van der Waals surface area contributed by atoms with Gasteiger partial charge in [0, 0.05) is 12.2 Å². The van der Waals surface area contributed by atoms with Crippen LogP contribution in [0.1, 0.15) is 33.1 Å². The van der Waals surface area contributed by atoms with Crippen LogP contribution < -0.4 is 21.7 Å². The quantitative estimate of drug-likeness (QED) is 0.129. The highest BCUT2D eigenvalue weighted by Gasteiger charge is 2.31. The van der Waals surface area contributed by atoms with E-state index in [0.29, 0.717) is 0 Å². The van der Waals surface area contributed by atoms with Crippen LogP contribution in [0.3, 0.4) is 0 Å². The van der Waals surface area contributed by atoms with Gasteiger partial charge in [-0.3, -0.25) is 24.0 Å². The number of thiol groups is 1. The van der Waals surface area contributed by atoms with Crippen LogP contribution in [0.2, 0.25) is 0 Å². The maximum absolute atomic E-state index is 12.5. The van der Waals surface area contributed by atoms with Crippen molar-refractivity contribution in [2.24, 2.45) is 11.7 Å². The first-order valence-corrected chi connectivity index (χ1v) is 9.87. The van der Waals surface area contributed by atoms with E-state index >= 15 is 0 Å². The van der Waals surface area contributed by atoms with E-state index in [9.17, 15) is 28.8 Å². The average Bonchev–Trinajstić information content (AvgIpc) is 2.66. The number of nitrogens with two attached hydrogens (primary N) is 1. The average molecular weight is 464 g/mol. The van der Waals surface area contributed by atoms with E-state index in [1.807, 2.05) is 0 Å². The highest BCUT2D eigenvalue weighted by atomic mass is 32.1. The predicted octanol–water partition coefficient (Wildman–Crippen LogP) is -2.22. The SMILES string of the molecule is CC(C)C(NC(=O)C(CS)NC(=O)C(CC(=O)O)NC(=O)C(N)CCC(=O)O)C(=O)O. The van der Waals surface area contributed by atoms with Crippen molar-refractivity contribution in [3.05, 3.63) is 0 Å². The van der Waals surface area contributed by atoms with Gasteiger partial charge in [-0.25, -0.2) is 4.79 Å². The fourth-order valence-corrected chi connectivity index (χ4v) is 2.56. The van der Waals surface area contributed by atoms with Gasteiger partial charge in [0.15, 0.2) is 0 Å². The van der Waals surface area contributed by atoms with Gasteiger partial charge in [-0.1, -0.05) is 13.8 Å². The van der Waals surface area contributed by atoms with Gasteiger partial charge in [0.05, 0.1) is 12.5 Å². The summed E-state index contributed by atoms with van der Waals surface area (Å²) < 4.78 is 0. The minimum absolute atomic E-state index is 0.240. The molecule has 4 unspecified atom stereocenters. The van der Waals surface area contributed by atoms with Crippen LogP contribution in [0.5, 0.6) is 0 Å². The minimum Gasteiger partial charge on any atom is -0.481 e. The number of carbonyl (C=O) groups excluding carboxylic acids is 3.